The summed E-state index contributed by atoms with van der Waals surface area (Å²) in [6.45, 7) is 3.91. The molecule has 4 rings (SSSR count). The molecule has 9 heteroatoms. The fourth-order valence-corrected chi connectivity index (χ4v) is 4.07. The highest BCUT2D eigenvalue weighted by Crippen LogP contribution is 2.28. The van der Waals surface area contributed by atoms with Crippen molar-refractivity contribution in [1.82, 2.24) is 25.1 Å². The van der Waals surface area contributed by atoms with Gasteiger partial charge in [0.05, 0.1) is 46.8 Å². The molecule has 1 fully saturated rings. The number of rotatable bonds is 8. The molecule has 3 aromatic rings. The minimum absolute atomic E-state index is 0.0446. The molecule has 1 aliphatic rings. The summed E-state index contributed by atoms with van der Waals surface area (Å²) in [7, 11) is 0. The number of ketones is 1. The zero-order valence-electron chi connectivity index (χ0n) is 18.5. The number of nitriles is 1. The number of anilines is 2. The van der Waals surface area contributed by atoms with Crippen LogP contribution in [0.1, 0.15) is 49.0 Å². The fraction of sp³-hybridized carbons (Fsp3) is 0.375. The van der Waals surface area contributed by atoms with E-state index in [9.17, 15) is 4.79 Å². The van der Waals surface area contributed by atoms with Crippen LogP contribution in [-0.4, -0.2) is 38.6 Å². The standard InChI is InChI=1S/C24H26ClN7O/c1-2-16(12-26)11-22(33)17-3-5-18(6-4-17)23-21(25)14-28-24(31-23)30-19-13-29-32(15-19)20-7-9-27-10-8-20/h3-6,13-16,20,27H,2,7-11H2,1H3,(H,28,30,31)/t16-/m1/s1. The van der Waals surface area contributed by atoms with Crippen molar-refractivity contribution in [3.63, 3.8) is 0 Å². The Balaban J connectivity index is 1.48. The molecule has 1 atom stereocenters. The number of piperidine rings is 1. The average Bonchev–Trinajstić information content (AvgIpc) is 3.33. The van der Waals surface area contributed by atoms with Gasteiger partial charge in [-0.2, -0.15) is 10.4 Å². The number of hydrogen-bond acceptors (Lipinski definition) is 7. The second kappa shape index (κ2) is 10.6. The molecule has 3 heterocycles. The third kappa shape index (κ3) is 5.56. The zero-order valence-corrected chi connectivity index (χ0v) is 19.2. The van der Waals surface area contributed by atoms with E-state index in [1.165, 1.54) is 0 Å². The van der Waals surface area contributed by atoms with E-state index < -0.39 is 0 Å². The lowest BCUT2D eigenvalue weighted by molar-refractivity contribution is 0.0969. The Labute approximate surface area is 198 Å². The van der Waals surface area contributed by atoms with Crippen LogP contribution in [-0.2, 0) is 0 Å². The first-order valence-corrected chi connectivity index (χ1v) is 11.5. The molecule has 1 saturated heterocycles. The molecular weight excluding hydrogens is 438 g/mol. The summed E-state index contributed by atoms with van der Waals surface area (Å²) in [5.41, 5.74) is 2.73. The predicted octanol–water partition coefficient (Wildman–Crippen LogP) is 4.78. The number of hydrogen-bond donors (Lipinski definition) is 2. The van der Waals surface area contributed by atoms with Crippen LogP contribution < -0.4 is 10.6 Å². The summed E-state index contributed by atoms with van der Waals surface area (Å²) in [5.74, 6) is 0.109. The van der Waals surface area contributed by atoms with Gasteiger partial charge in [0, 0.05) is 23.7 Å². The summed E-state index contributed by atoms with van der Waals surface area (Å²) in [6, 6.07) is 9.69. The van der Waals surface area contributed by atoms with Gasteiger partial charge < -0.3 is 10.6 Å². The molecule has 0 amide bonds. The third-order valence-corrected chi connectivity index (χ3v) is 6.15. The molecule has 0 saturated carbocycles. The maximum atomic E-state index is 12.4. The van der Waals surface area contributed by atoms with E-state index in [0.717, 1.165) is 37.2 Å². The van der Waals surface area contributed by atoms with Crippen molar-refractivity contribution in [2.24, 2.45) is 5.92 Å². The quantitative estimate of drug-likeness (QED) is 0.462. The van der Waals surface area contributed by atoms with Crippen molar-refractivity contribution in [2.75, 3.05) is 18.4 Å². The Morgan fingerprint density at radius 1 is 1.30 bits per heavy atom. The van der Waals surface area contributed by atoms with Crippen molar-refractivity contribution < 1.29 is 4.79 Å². The van der Waals surface area contributed by atoms with Crippen LogP contribution in [0.15, 0.2) is 42.9 Å². The lowest BCUT2D eigenvalue weighted by Gasteiger charge is -2.22. The predicted molar refractivity (Wildman–Crippen MR) is 127 cm³/mol. The molecule has 0 aliphatic carbocycles. The van der Waals surface area contributed by atoms with Crippen molar-refractivity contribution in [1.29, 1.82) is 5.26 Å². The number of aromatic nitrogens is 4. The number of nitrogens with zero attached hydrogens (tertiary/aromatic N) is 5. The Morgan fingerprint density at radius 3 is 2.76 bits per heavy atom. The van der Waals surface area contributed by atoms with E-state index in [4.69, 9.17) is 16.9 Å². The van der Waals surface area contributed by atoms with Gasteiger partial charge in [0.2, 0.25) is 5.95 Å². The molecule has 170 valence electrons. The number of nitrogens with one attached hydrogen (secondary N) is 2. The van der Waals surface area contributed by atoms with E-state index in [-0.39, 0.29) is 18.1 Å². The van der Waals surface area contributed by atoms with Gasteiger partial charge in [-0.05, 0) is 32.4 Å². The van der Waals surface area contributed by atoms with Gasteiger partial charge in [-0.3, -0.25) is 9.48 Å². The summed E-state index contributed by atoms with van der Waals surface area (Å²) >= 11 is 6.37. The first kappa shape index (κ1) is 22.9. The first-order chi connectivity index (χ1) is 16.1. The SMILES string of the molecule is CC[C@@H](C#N)CC(=O)c1ccc(-c2nc(Nc3cnn(C4CCNCC4)c3)ncc2Cl)cc1. The summed E-state index contributed by atoms with van der Waals surface area (Å²) in [6.07, 6.45) is 8.28. The van der Waals surface area contributed by atoms with Crippen LogP contribution in [0.25, 0.3) is 11.3 Å². The van der Waals surface area contributed by atoms with Gasteiger partial charge in [0.15, 0.2) is 5.78 Å². The highest BCUT2D eigenvalue weighted by Gasteiger charge is 2.17. The van der Waals surface area contributed by atoms with Gasteiger partial charge in [-0.25, -0.2) is 9.97 Å². The van der Waals surface area contributed by atoms with Crippen molar-refractivity contribution >= 4 is 29.0 Å². The monoisotopic (exact) mass is 463 g/mol. The minimum Gasteiger partial charge on any atom is -0.321 e. The Morgan fingerprint density at radius 2 is 2.06 bits per heavy atom. The zero-order chi connectivity index (χ0) is 23.2. The molecule has 33 heavy (non-hydrogen) atoms. The van der Waals surface area contributed by atoms with Crippen molar-refractivity contribution in [3.8, 4) is 17.3 Å². The molecular formula is C24H26ClN7O. The van der Waals surface area contributed by atoms with Crippen LogP contribution in [0.2, 0.25) is 5.02 Å². The maximum Gasteiger partial charge on any atom is 0.227 e. The topological polar surface area (TPSA) is 109 Å². The Hall–Kier alpha value is -3.28. The van der Waals surface area contributed by atoms with Crippen LogP contribution >= 0.6 is 11.6 Å². The normalized spacial score (nSPS) is 15.1. The lowest BCUT2D eigenvalue weighted by atomic mass is 9.96. The van der Waals surface area contributed by atoms with E-state index in [1.54, 1.807) is 24.5 Å². The number of carbonyl (C=O) groups excluding carboxylic acids is 1. The van der Waals surface area contributed by atoms with Gasteiger partial charge in [-0.15, -0.1) is 0 Å². The van der Waals surface area contributed by atoms with Crippen LogP contribution in [0.3, 0.4) is 0 Å². The van der Waals surface area contributed by atoms with Gasteiger partial charge in [0.1, 0.15) is 0 Å². The maximum absolute atomic E-state index is 12.4. The average molecular weight is 464 g/mol. The second-order valence-corrected chi connectivity index (χ2v) is 8.55. The van der Waals surface area contributed by atoms with Gasteiger partial charge in [0.25, 0.3) is 0 Å². The van der Waals surface area contributed by atoms with Crippen LogP contribution in [0, 0.1) is 17.2 Å². The van der Waals surface area contributed by atoms with Crippen LogP contribution in [0.4, 0.5) is 11.6 Å². The lowest BCUT2D eigenvalue weighted by Crippen LogP contribution is -2.29. The molecule has 2 N–H and O–H groups in total. The number of Topliss-reactive ketones (excluding diaryl/α,β-unsaturated/α-hetero) is 1. The Kier molecular flexibility index (Phi) is 7.33. The highest BCUT2D eigenvalue weighted by molar-refractivity contribution is 6.32. The summed E-state index contributed by atoms with van der Waals surface area (Å²) < 4.78 is 1.99. The van der Waals surface area contributed by atoms with Gasteiger partial charge in [-0.1, -0.05) is 42.8 Å². The van der Waals surface area contributed by atoms with Gasteiger partial charge >= 0.3 is 0 Å². The number of halogens is 1. The largest absolute Gasteiger partial charge is 0.321 e. The number of carbonyl (C=O) groups is 1. The molecule has 2 aromatic heterocycles. The molecule has 0 spiro atoms. The third-order valence-electron chi connectivity index (χ3n) is 5.87. The van der Waals surface area contributed by atoms with Crippen LogP contribution in [0.5, 0.6) is 0 Å². The minimum atomic E-state index is -0.263. The molecule has 1 aromatic carbocycles. The van der Waals surface area contributed by atoms with E-state index in [0.29, 0.717) is 34.7 Å². The summed E-state index contributed by atoms with van der Waals surface area (Å²) in [5, 5.41) is 20.6. The summed E-state index contributed by atoms with van der Waals surface area (Å²) in [4.78, 5) is 21.3. The second-order valence-electron chi connectivity index (χ2n) is 8.14. The van der Waals surface area contributed by atoms with Crippen molar-refractivity contribution in [3.05, 3.63) is 53.4 Å². The number of benzene rings is 1. The van der Waals surface area contributed by atoms with E-state index >= 15 is 0 Å². The smallest absolute Gasteiger partial charge is 0.227 e. The highest BCUT2D eigenvalue weighted by atomic mass is 35.5. The van der Waals surface area contributed by atoms with E-state index in [2.05, 4.69) is 31.8 Å². The Bertz CT molecular complexity index is 1150. The first-order valence-electron chi connectivity index (χ1n) is 11.1. The molecule has 8 nitrogen and oxygen atoms in total. The molecule has 0 bridgehead atoms. The van der Waals surface area contributed by atoms with E-state index in [1.807, 2.05) is 29.9 Å². The molecule has 0 unspecified atom stereocenters. The molecule has 0 radical (unpaired) electrons. The van der Waals surface area contributed by atoms with Crippen molar-refractivity contribution in [2.45, 2.75) is 38.6 Å². The fourth-order valence-electron chi connectivity index (χ4n) is 3.87. The molecule has 1 aliphatic heterocycles.